The zero-order chi connectivity index (χ0) is 19.1. The molecule has 5 nitrogen and oxygen atoms in total. The van der Waals surface area contributed by atoms with Crippen LogP contribution in [-0.4, -0.2) is 19.5 Å². The molecule has 0 aliphatic carbocycles. The SMILES string of the molecule is O=c1cnc2cccnc2n1Cc1ccc(-c2ccc3[nH]ccc3c2)cc1F. The summed E-state index contributed by atoms with van der Waals surface area (Å²) < 4.78 is 16.3. The van der Waals surface area contributed by atoms with E-state index in [-0.39, 0.29) is 17.9 Å². The molecule has 0 saturated heterocycles. The van der Waals surface area contributed by atoms with E-state index in [4.69, 9.17) is 0 Å². The Morgan fingerprint density at radius 3 is 2.75 bits per heavy atom. The highest BCUT2D eigenvalue weighted by atomic mass is 19.1. The highest BCUT2D eigenvalue weighted by Crippen LogP contribution is 2.26. The monoisotopic (exact) mass is 370 g/mol. The Balaban J connectivity index is 1.54. The number of hydrogen-bond donors (Lipinski definition) is 1. The van der Waals surface area contributed by atoms with Gasteiger partial charge in [0.25, 0.3) is 5.56 Å². The number of hydrogen-bond acceptors (Lipinski definition) is 3. The maximum atomic E-state index is 14.8. The van der Waals surface area contributed by atoms with Gasteiger partial charge in [-0.3, -0.25) is 9.36 Å². The lowest BCUT2D eigenvalue weighted by molar-refractivity contribution is 0.599. The van der Waals surface area contributed by atoms with Crippen molar-refractivity contribution in [1.82, 2.24) is 19.5 Å². The Morgan fingerprint density at radius 2 is 1.86 bits per heavy atom. The van der Waals surface area contributed by atoms with Crippen molar-refractivity contribution in [3.8, 4) is 11.1 Å². The van der Waals surface area contributed by atoms with Crippen LogP contribution in [0.3, 0.4) is 0 Å². The number of aromatic amines is 1. The summed E-state index contributed by atoms with van der Waals surface area (Å²) in [5.74, 6) is -0.362. The number of benzene rings is 2. The third kappa shape index (κ3) is 2.75. The summed E-state index contributed by atoms with van der Waals surface area (Å²) in [5.41, 5.74) is 3.91. The molecule has 136 valence electrons. The third-order valence-electron chi connectivity index (χ3n) is 4.87. The van der Waals surface area contributed by atoms with Crippen molar-refractivity contribution in [3.05, 3.63) is 94.9 Å². The standard InChI is InChI=1S/C22H15FN4O/c23-18-11-15(14-5-6-19-16(10-14)7-9-24-19)3-4-17(18)13-27-21(28)12-26-20-2-1-8-25-22(20)27/h1-12,24H,13H2. The van der Waals surface area contributed by atoms with Crippen LogP contribution in [0.15, 0.2) is 78.0 Å². The summed E-state index contributed by atoms with van der Waals surface area (Å²) in [6, 6.07) is 16.5. The lowest BCUT2D eigenvalue weighted by Crippen LogP contribution is -2.22. The minimum absolute atomic E-state index is 0.0951. The molecule has 0 bridgehead atoms. The van der Waals surface area contributed by atoms with Crippen LogP contribution in [0.5, 0.6) is 0 Å². The molecule has 6 heteroatoms. The van der Waals surface area contributed by atoms with Crippen LogP contribution in [0, 0.1) is 5.82 Å². The average molecular weight is 370 g/mol. The van der Waals surface area contributed by atoms with E-state index in [9.17, 15) is 9.18 Å². The normalized spacial score (nSPS) is 11.3. The van der Waals surface area contributed by atoms with E-state index in [1.165, 1.54) is 16.8 Å². The Morgan fingerprint density at radius 1 is 1.00 bits per heavy atom. The van der Waals surface area contributed by atoms with Gasteiger partial charge in [0.1, 0.15) is 11.3 Å². The van der Waals surface area contributed by atoms with Gasteiger partial charge in [0.15, 0.2) is 5.65 Å². The summed E-state index contributed by atoms with van der Waals surface area (Å²) in [7, 11) is 0. The van der Waals surface area contributed by atoms with Crippen LogP contribution in [0.4, 0.5) is 4.39 Å². The van der Waals surface area contributed by atoms with Gasteiger partial charge in [-0.05, 0) is 52.9 Å². The summed E-state index contributed by atoms with van der Waals surface area (Å²) in [4.78, 5) is 23.7. The maximum Gasteiger partial charge on any atom is 0.270 e. The number of aromatic nitrogens is 4. The molecule has 0 saturated carbocycles. The van der Waals surface area contributed by atoms with Crippen LogP contribution >= 0.6 is 0 Å². The second-order valence-electron chi connectivity index (χ2n) is 6.61. The quantitative estimate of drug-likeness (QED) is 0.519. The van der Waals surface area contributed by atoms with Gasteiger partial charge >= 0.3 is 0 Å². The molecule has 0 amide bonds. The van der Waals surface area contributed by atoms with E-state index >= 15 is 0 Å². The molecule has 0 spiro atoms. The second kappa shape index (κ2) is 6.42. The largest absolute Gasteiger partial charge is 0.361 e. The van der Waals surface area contributed by atoms with Crippen molar-refractivity contribution in [2.75, 3.05) is 0 Å². The number of H-pyrrole nitrogens is 1. The first-order chi connectivity index (χ1) is 13.7. The van der Waals surface area contributed by atoms with Gasteiger partial charge in [-0.1, -0.05) is 18.2 Å². The number of nitrogens with zero attached hydrogens (tertiary/aromatic N) is 3. The molecule has 0 fully saturated rings. The summed E-state index contributed by atoms with van der Waals surface area (Å²) in [6.07, 6.45) is 4.71. The molecule has 0 aliphatic rings. The minimum Gasteiger partial charge on any atom is -0.361 e. The predicted octanol–water partition coefficient (Wildman–Crippen LogP) is 4.13. The Kier molecular flexibility index (Phi) is 3.76. The van der Waals surface area contributed by atoms with Crippen molar-refractivity contribution < 1.29 is 4.39 Å². The number of rotatable bonds is 3. The van der Waals surface area contributed by atoms with Crippen molar-refractivity contribution in [3.63, 3.8) is 0 Å². The number of fused-ring (bicyclic) bond motifs is 2. The molecule has 2 aromatic carbocycles. The van der Waals surface area contributed by atoms with E-state index in [1.54, 1.807) is 24.4 Å². The van der Waals surface area contributed by atoms with Crippen molar-refractivity contribution in [2.24, 2.45) is 0 Å². The lowest BCUT2D eigenvalue weighted by atomic mass is 10.0. The number of halogens is 1. The lowest BCUT2D eigenvalue weighted by Gasteiger charge is -2.11. The third-order valence-corrected chi connectivity index (χ3v) is 4.87. The molecule has 3 aromatic heterocycles. The molecular formula is C22H15FN4O. The maximum absolute atomic E-state index is 14.8. The molecular weight excluding hydrogens is 355 g/mol. The topological polar surface area (TPSA) is 63.6 Å². The van der Waals surface area contributed by atoms with Gasteiger partial charge in [-0.2, -0.15) is 0 Å². The molecule has 3 heterocycles. The van der Waals surface area contributed by atoms with Gasteiger partial charge in [0, 0.05) is 23.5 Å². The highest BCUT2D eigenvalue weighted by molar-refractivity contribution is 5.85. The van der Waals surface area contributed by atoms with Crippen LogP contribution in [0.2, 0.25) is 0 Å². The molecule has 28 heavy (non-hydrogen) atoms. The fraction of sp³-hybridized carbons (Fsp3) is 0.0455. The minimum atomic E-state index is -0.362. The van der Waals surface area contributed by atoms with Gasteiger partial charge in [-0.15, -0.1) is 0 Å². The average Bonchev–Trinajstić information content (AvgIpc) is 3.19. The van der Waals surface area contributed by atoms with Gasteiger partial charge < -0.3 is 4.98 Å². The van der Waals surface area contributed by atoms with E-state index in [1.807, 2.05) is 36.5 Å². The zero-order valence-electron chi connectivity index (χ0n) is 14.8. The molecule has 1 N–H and O–H groups in total. The molecule has 0 radical (unpaired) electrons. The van der Waals surface area contributed by atoms with E-state index < -0.39 is 0 Å². The van der Waals surface area contributed by atoms with E-state index in [2.05, 4.69) is 15.0 Å². The van der Waals surface area contributed by atoms with Crippen LogP contribution < -0.4 is 5.56 Å². The molecule has 0 unspecified atom stereocenters. The first kappa shape index (κ1) is 16.4. The van der Waals surface area contributed by atoms with Crippen LogP contribution in [-0.2, 0) is 6.54 Å². The van der Waals surface area contributed by atoms with Crippen LogP contribution in [0.25, 0.3) is 33.2 Å². The Hall–Kier alpha value is -3.80. The molecule has 5 rings (SSSR count). The Labute approximate surface area is 159 Å². The number of nitrogens with one attached hydrogen (secondary N) is 1. The van der Waals surface area contributed by atoms with Crippen molar-refractivity contribution in [2.45, 2.75) is 6.54 Å². The molecule has 5 aromatic rings. The fourth-order valence-corrected chi connectivity index (χ4v) is 3.41. The molecule has 0 aliphatic heterocycles. The first-order valence-corrected chi connectivity index (χ1v) is 8.85. The van der Waals surface area contributed by atoms with Gasteiger partial charge in [0.2, 0.25) is 0 Å². The van der Waals surface area contributed by atoms with Crippen molar-refractivity contribution in [1.29, 1.82) is 0 Å². The summed E-state index contributed by atoms with van der Waals surface area (Å²) >= 11 is 0. The van der Waals surface area contributed by atoms with Crippen LogP contribution in [0.1, 0.15) is 5.56 Å². The zero-order valence-corrected chi connectivity index (χ0v) is 14.8. The Bertz CT molecular complexity index is 1390. The predicted molar refractivity (Wildman–Crippen MR) is 107 cm³/mol. The number of pyridine rings is 1. The van der Waals surface area contributed by atoms with Gasteiger partial charge in [0.05, 0.1) is 12.7 Å². The molecule has 0 atom stereocenters. The van der Waals surface area contributed by atoms with E-state index in [0.717, 1.165) is 22.0 Å². The second-order valence-corrected chi connectivity index (χ2v) is 6.61. The summed E-state index contributed by atoms with van der Waals surface area (Å²) in [5, 5.41) is 1.07. The summed E-state index contributed by atoms with van der Waals surface area (Å²) in [6.45, 7) is 0.0951. The first-order valence-electron chi connectivity index (χ1n) is 8.85. The fourth-order valence-electron chi connectivity index (χ4n) is 3.41. The highest BCUT2D eigenvalue weighted by Gasteiger charge is 2.11. The van der Waals surface area contributed by atoms with Crippen molar-refractivity contribution >= 4 is 22.1 Å². The van der Waals surface area contributed by atoms with Gasteiger partial charge in [-0.25, -0.2) is 14.4 Å². The van der Waals surface area contributed by atoms with E-state index in [0.29, 0.717) is 16.7 Å². The smallest absolute Gasteiger partial charge is 0.270 e.